The molecule has 0 saturated carbocycles. The van der Waals surface area contributed by atoms with Gasteiger partial charge < -0.3 is 0 Å². The molecule has 1 aromatic heterocycles. The van der Waals surface area contributed by atoms with Gasteiger partial charge in [-0.25, -0.2) is 0 Å². The Morgan fingerprint density at radius 2 is 2.27 bits per heavy atom. The topological polar surface area (TPSA) is 38.0 Å². The molecular formula is C11H19BrN2S. The molecule has 0 aromatic carbocycles. The highest BCUT2D eigenvalue weighted by atomic mass is 79.9. The maximum absolute atomic E-state index is 5.59. The van der Waals surface area contributed by atoms with Crippen molar-refractivity contribution in [2.75, 3.05) is 0 Å². The fraction of sp³-hybridized carbons (Fsp3) is 0.636. The van der Waals surface area contributed by atoms with Crippen molar-refractivity contribution in [3.63, 3.8) is 0 Å². The van der Waals surface area contributed by atoms with E-state index in [0.717, 1.165) is 6.42 Å². The molecule has 0 fully saturated rings. The highest BCUT2D eigenvalue weighted by Crippen LogP contribution is 2.33. The average Bonchev–Trinajstić information content (AvgIpc) is 2.54. The van der Waals surface area contributed by atoms with Crippen LogP contribution in [-0.2, 0) is 0 Å². The van der Waals surface area contributed by atoms with Crippen molar-refractivity contribution in [1.29, 1.82) is 0 Å². The van der Waals surface area contributed by atoms with Crippen LogP contribution in [0.15, 0.2) is 9.85 Å². The molecule has 15 heavy (non-hydrogen) atoms. The van der Waals surface area contributed by atoms with Crippen molar-refractivity contribution in [3.05, 3.63) is 20.3 Å². The van der Waals surface area contributed by atoms with E-state index in [0.29, 0.717) is 6.04 Å². The third-order valence-electron chi connectivity index (χ3n) is 2.52. The molecule has 0 aliphatic heterocycles. The van der Waals surface area contributed by atoms with Gasteiger partial charge in [-0.3, -0.25) is 11.3 Å². The summed E-state index contributed by atoms with van der Waals surface area (Å²) in [4.78, 5) is 1.33. The van der Waals surface area contributed by atoms with Crippen molar-refractivity contribution in [1.82, 2.24) is 5.43 Å². The molecule has 2 nitrogen and oxygen atoms in total. The van der Waals surface area contributed by atoms with Gasteiger partial charge in [0.15, 0.2) is 0 Å². The molecule has 1 aromatic rings. The highest BCUT2D eigenvalue weighted by Gasteiger charge is 2.13. The van der Waals surface area contributed by atoms with Crippen LogP contribution in [0.5, 0.6) is 0 Å². The Labute approximate surface area is 104 Å². The zero-order chi connectivity index (χ0) is 11.3. The summed E-state index contributed by atoms with van der Waals surface area (Å²) in [5, 5.41) is 0. The molecule has 0 saturated heterocycles. The van der Waals surface area contributed by atoms with Crippen LogP contribution in [0.3, 0.4) is 0 Å². The number of hydrazine groups is 1. The Balaban J connectivity index is 2.57. The number of rotatable bonds is 6. The molecule has 0 aliphatic carbocycles. The second-order valence-corrected chi connectivity index (χ2v) is 6.22. The molecule has 1 rings (SSSR count). The summed E-state index contributed by atoms with van der Waals surface area (Å²) in [6.45, 7) is 4.33. The van der Waals surface area contributed by atoms with E-state index >= 15 is 0 Å². The van der Waals surface area contributed by atoms with Crippen LogP contribution in [0.25, 0.3) is 0 Å². The largest absolute Gasteiger partial charge is 0.271 e. The Bertz CT molecular complexity index is 279. The normalized spacial score (nSPS) is 13.1. The molecular weight excluding hydrogens is 272 g/mol. The van der Waals surface area contributed by atoms with Crippen molar-refractivity contribution >= 4 is 27.3 Å². The summed E-state index contributed by atoms with van der Waals surface area (Å²) >= 11 is 5.32. The predicted molar refractivity (Wildman–Crippen MR) is 71.0 cm³/mol. The van der Waals surface area contributed by atoms with Crippen molar-refractivity contribution < 1.29 is 0 Å². The third kappa shape index (κ3) is 3.87. The summed E-state index contributed by atoms with van der Waals surface area (Å²) < 4.78 is 1.22. The Kier molecular flexibility index (Phi) is 5.82. The van der Waals surface area contributed by atoms with Gasteiger partial charge in [0.1, 0.15) is 0 Å². The van der Waals surface area contributed by atoms with Gasteiger partial charge >= 0.3 is 0 Å². The minimum atomic E-state index is 0.312. The van der Waals surface area contributed by atoms with Gasteiger partial charge in [0.05, 0.1) is 9.83 Å². The van der Waals surface area contributed by atoms with Crippen molar-refractivity contribution in [2.45, 2.75) is 45.6 Å². The summed E-state index contributed by atoms with van der Waals surface area (Å²) in [5.74, 6) is 5.59. The van der Waals surface area contributed by atoms with Crippen LogP contribution in [-0.4, -0.2) is 0 Å². The summed E-state index contributed by atoms with van der Waals surface area (Å²) in [7, 11) is 0. The quantitative estimate of drug-likeness (QED) is 0.474. The number of aryl methyl sites for hydroxylation is 1. The summed E-state index contributed by atoms with van der Waals surface area (Å²) in [6, 6.07) is 2.53. The number of hydrogen-bond acceptors (Lipinski definition) is 3. The van der Waals surface area contributed by atoms with Gasteiger partial charge in [-0.15, -0.1) is 11.3 Å². The number of thiophene rings is 1. The fourth-order valence-electron chi connectivity index (χ4n) is 1.56. The fourth-order valence-corrected chi connectivity index (χ4v) is 3.23. The lowest BCUT2D eigenvalue weighted by atomic mass is 10.1. The molecule has 4 heteroatoms. The zero-order valence-electron chi connectivity index (χ0n) is 9.35. The van der Waals surface area contributed by atoms with E-state index in [2.05, 4.69) is 41.3 Å². The number of nitrogens with two attached hydrogens (primary N) is 1. The van der Waals surface area contributed by atoms with E-state index in [-0.39, 0.29) is 0 Å². The average molecular weight is 291 g/mol. The third-order valence-corrected chi connectivity index (χ3v) is 4.77. The standard InChI is InChI=1S/C11H19BrN2S/c1-3-4-5-6-9(14-13)10-7-8(2)11(12)15-10/h7,9,14H,3-6,13H2,1-2H3. The summed E-state index contributed by atoms with van der Waals surface area (Å²) in [5.41, 5.74) is 4.20. The first-order valence-corrected chi connectivity index (χ1v) is 7.02. The molecule has 0 radical (unpaired) electrons. The number of hydrogen-bond donors (Lipinski definition) is 2. The first-order valence-electron chi connectivity index (χ1n) is 5.41. The molecule has 1 heterocycles. The molecule has 0 bridgehead atoms. The smallest absolute Gasteiger partial charge is 0.0731 e. The first kappa shape index (κ1) is 13.2. The van der Waals surface area contributed by atoms with E-state index in [1.54, 1.807) is 11.3 Å². The van der Waals surface area contributed by atoms with Gasteiger partial charge in [0.25, 0.3) is 0 Å². The van der Waals surface area contributed by atoms with E-state index in [9.17, 15) is 0 Å². The van der Waals surface area contributed by atoms with Gasteiger partial charge in [-0.05, 0) is 40.9 Å². The van der Waals surface area contributed by atoms with Crippen LogP contribution >= 0.6 is 27.3 Å². The van der Waals surface area contributed by atoms with E-state index in [1.807, 2.05) is 0 Å². The van der Waals surface area contributed by atoms with E-state index in [1.165, 1.54) is 33.5 Å². The van der Waals surface area contributed by atoms with Gasteiger partial charge in [-0.1, -0.05) is 26.2 Å². The molecule has 0 aliphatic rings. The SMILES string of the molecule is CCCCCC(NN)c1cc(C)c(Br)s1. The number of halogens is 1. The maximum Gasteiger partial charge on any atom is 0.0731 e. The second-order valence-electron chi connectivity index (χ2n) is 3.82. The van der Waals surface area contributed by atoms with E-state index in [4.69, 9.17) is 5.84 Å². The lowest BCUT2D eigenvalue weighted by Crippen LogP contribution is -2.27. The molecule has 0 amide bonds. The van der Waals surface area contributed by atoms with E-state index < -0.39 is 0 Å². The molecule has 0 spiro atoms. The maximum atomic E-state index is 5.59. The minimum Gasteiger partial charge on any atom is -0.271 e. The van der Waals surface area contributed by atoms with Crippen LogP contribution in [0, 0.1) is 6.92 Å². The summed E-state index contributed by atoms with van der Waals surface area (Å²) in [6.07, 6.45) is 4.89. The van der Waals surface area contributed by atoms with Gasteiger partial charge in [-0.2, -0.15) is 0 Å². The van der Waals surface area contributed by atoms with Crippen LogP contribution in [0.4, 0.5) is 0 Å². The van der Waals surface area contributed by atoms with Crippen LogP contribution in [0.1, 0.15) is 49.1 Å². The molecule has 3 N–H and O–H groups in total. The first-order chi connectivity index (χ1) is 7.19. The van der Waals surface area contributed by atoms with Crippen LogP contribution in [0.2, 0.25) is 0 Å². The van der Waals surface area contributed by atoms with Crippen molar-refractivity contribution in [2.24, 2.45) is 5.84 Å². The van der Waals surface area contributed by atoms with Crippen LogP contribution < -0.4 is 11.3 Å². The van der Waals surface area contributed by atoms with Crippen molar-refractivity contribution in [3.8, 4) is 0 Å². The Hall–Kier alpha value is 0.1000. The zero-order valence-corrected chi connectivity index (χ0v) is 11.7. The lowest BCUT2D eigenvalue weighted by molar-refractivity contribution is 0.493. The monoisotopic (exact) mass is 290 g/mol. The molecule has 86 valence electrons. The number of unbranched alkanes of at least 4 members (excludes halogenated alkanes) is 2. The minimum absolute atomic E-state index is 0.312. The second kappa shape index (κ2) is 6.63. The lowest BCUT2D eigenvalue weighted by Gasteiger charge is -2.13. The molecule has 1 atom stereocenters. The number of nitrogens with one attached hydrogen (secondary N) is 1. The molecule has 1 unspecified atom stereocenters. The Morgan fingerprint density at radius 1 is 1.53 bits per heavy atom. The van der Waals surface area contributed by atoms with Gasteiger partial charge in [0, 0.05) is 4.88 Å². The highest BCUT2D eigenvalue weighted by molar-refractivity contribution is 9.11. The Morgan fingerprint density at radius 3 is 2.73 bits per heavy atom. The van der Waals surface area contributed by atoms with Gasteiger partial charge in [0.2, 0.25) is 0 Å². The predicted octanol–water partition coefficient (Wildman–Crippen LogP) is 3.90.